The molecule has 1 aliphatic heterocycles. The molecule has 0 saturated carbocycles. The van der Waals surface area contributed by atoms with Crippen LogP contribution >= 0.6 is 0 Å². The van der Waals surface area contributed by atoms with Gasteiger partial charge in [0.2, 0.25) is 0 Å². The van der Waals surface area contributed by atoms with Crippen molar-refractivity contribution in [2.24, 2.45) is 10.9 Å². The number of benzene rings is 3. The van der Waals surface area contributed by atoms with Gasteiger partial charge in [-0.3, -0.25) is 4.99 Å². The number of imidazole rings is 1. The Morgan fingerprint density at radius 3 is 2.58 bits per heavy atom. The Balaban J connectivity index is 1.22. The number of nitrogens with one attached hydrogen (secondary N) is 4. The minimum atomic E-state index is 0.381. The molecule has 6 nitrogen and oxygen atoms in total. The molecule has 2 atom stereocenters. The van der Waals surface area contributed by atoms with Gasteiger partial charge in [0.05, 0.1) is 17.6 Å². The molecule has 2 unspecified atom stereocenters. The molecule has 0 spiro atoms. The second-order valence-corrected chi connectivity index (χ2v) is 10.5. The van der Waals surface area contributed by atoms with Gasteiger partial charge < -0.3 is 20.6 Å². The molecule has 0 bridgehead atoms. The second-order valence-electron chi connectivity index (χ2n) is 10.5. The van der Waals surface area contributed by atoms with Crippen LogP contribution in [0.4, 0.5) is 0 Å². The number of nitrogens with zero attached hydrogens (tertiary/aromatic N) is 2. The van der Waals surface area contributed by atoms with Crippen molar-refractivity contribution in [3.05, 3.63) is 84.6 Å². The largest absolute Gasteiger partial charge is 0.385 e. The molecule has 5 aromatic rings. The lowest BCUT2D eigenvalue weighted by atomic mass is 10.0. The maximum atomic E-state index is 4.83. The lowest BCUT2D eigenvalue weighted by Gasteiger charge is -2.14. The lowest BCUT2D eigenvalue weighted by Crippen LogP contribution is -2.27. The van der Waals surface area contributed by atoms with Gasteiger partial charge in [-0.2, -0.15) is 0 Å². The summed E-state index contributed by atoms with van der Waals surface area (Å²) in [4.78, 5) is 16.4. The molecule has 2 aromatic heterocycles. The predicted octanol–water partition coefficient (Wildman–Crippen LogP) is 6.72. The van der Waals surface area contributed by atoms with Crippen LogP contribution in [0.25, 0.3) is 50.1 Å². The van der Waals surface area contributed by atoms with E-state index in [1.165, 1.54) is 16.5 Å². The van der Waals surface area contributed by atoms with E-state index in [1.54, 1.807) is 0 Å². The number of H-pyrrole nitrogens is 2. The fraction of sp³-hybridized carbons (Fsp3) is 0.250. The molecule has 0 saturated heterocycles. The molecule has 4 N–H and O–H groups in total. The topological polar surface area (TPSA) is 80.9 Å². The van der Waals surface area contributed by atoms with Crippen molar-refractivity contribution in [3.8, 4) is 22.5 Å². The van der Waals surface area contributed by atoms with Gasteiger partial charge in [-0.1, -0.05) is 63.2 Å². The zero-order valence-corrected chi connectivity index (χ0v) is 22.2. The third kappa shape index (κ3) is 4.58. The van der Waals surface area contributed by atoms with Crippen molar-refractivity contribution in [2.75, 3.05) is 13.1 Å². The van der Waals surface area contributed by atoms with Gasteiger partial charge in [0.15, 0.2) is 0 Å². The van der Waals surface area contributed by atoms with Crippen LogP contribution in [0.2, 0.25) is 0 Å². The van der Waals surface area contributed by atoms with Gasteiger partial charge in [0, 0.05) is 52.1 Å². The van der Waals surface area contributed by atoms with Gasteiger partial charge in [-0.15, -0.1) is 0 Å². The maximum Gasteiger partial charge on any atom is 0.138 e. The SMILES string of the molecule is C=C(NCC(C)CC)c1ccc2c(-c3ccc(-c4nc5ccc(C6=NCC(C)N6)cc5[nH]4)cc3)c[nH]c2c1. The van der Waals surface area contributed by atoms with E-state index in [1.807, 2.05) is 0 Å². The fourth-order valence-electron chi connectivity index (χ4n) is 4.93. The molecule has 3 heterocycles. The number of hydrogen-bond acceptors (Lipinski definition) is 4. The van der Waals surface area contributed by atoms with Crippen molar-refractivity contribution >= 4 is 33.5 Å². The molecule has 0 radical (unpaired) electrons. The van der Waals surface area contributed by atoms with Crippen LogP contribution in [-0.2, 0) is 0 Å². The van der Waals surface area contributed by atoms with Crippen molar-refractivity contribution in [1.82, 2.24) is 25.6 Å². The zero-order chi connectivity index (χ0) is 26.2. The van der Waals surface area contributed by atoms with Crippen molar-refractivity contribution < 1.29 is 0 Å². The summed E-state index contributed by atoms with van der Waals surface area (Å²) in [5, 5.41) is 8.11. The molecule has 38 heavy (non-hydrogen) atoms. The Hall–Kier alpha value is -4.32. The molecule has 1 aliphatic rings. The number of amidine groups is 1. The average molecular weight is 503 g/mol. The van der Waals surface area contributed by atoms with E-state index in [4.69, 9.17) is 4.98 Å². The first-order valence-corrected chi connectivity index (χ1v) is 13.4. The highest BCUT2D eigenvalue weighted by Crippen LogP contribution is 2.32. The van der Waals surface area contributed by atoms with E-state index >= 15 is 0 Å². The van der Waals surface area contributed by atoms with Crippen LogP contribution in [0.15, 0.2) is 78.4 Å². The number of aromatic nitrogens is 3. The van der Waals surface area contributed by atoms with Gasteiger partial charge in [0.1, 0.15) is 11.7 Å². The predicted molar refractivity (Wildman–Crippen MR) is 159 cm³/mol. The highest BCUT2D eigenvalue weighted by atomic mass is 15.1. The summed E-state index contributed by atoms with van der Waals surface area (Å²) < 4.78 is 0. The van der Waals surface area contributed by atoms with Gasteiger partial charge in [0.25, 0.3) is 0 Å². The molecule has 192 valence electrons. The van der Waals surface area contributed by atoms with Crippen molar-refractivity contribution in [1.29, 1.82) is 0 Å². The van der Waals surface area contributed by atoms with Crippen LogP contribution in [0, 0.1) is 5.92 Å². The first-order valence-electron chi connectivity index (χ1n) is 13.4. The Labute approximate surface area is 223 Å². The Morgan fingerprint density at radius 2 is 1.82 bits per heavy atom. The van der Waals surface area contributed by atoms with E-state index in [0.717, 1.165) is 70.1 Å². The molecular formula is C32H34N6. The van der Waals surface area contributed by atoms with Crippen LogP contribution in [0.3, 0.4) is 0 Å². The number of rotatable bonds is 8. The van der Waals surface area contributed by atoms with E-state index in [-0.39, 0.29) is 0 Å². The van der Waals surface area contributed by atoms with E-state index < -0.39 is 0 Å². The number of aliphatic imine (C=N–C) groups is 1. The molecule has 0 aliphatic carbocycles. The normalized spacial score (nSPS) is 16.0. The lowest BCUT2D eigenvalue weighted by molar-refractivity contribution is 0.544. The highest BCUT2D eigenvalue weighted by molar-refractivity contribution is 6.02. The minimum absolute atomic E-state index is 0.381. The van der Waals surface area contributed by atoms with Crippen LogP contribution in [-0.4, -0.2) is 39.9 Å². The Bertz CT molecular complexity index is 1650. The summed E-state index contributed by atoms with van der Waals surface area (Å²) in [5.74, 6) is 2.45. The third-order valence-corrected chi connectivity index (χ3v) is 7.52. The molecule has 3 aromatic carbocycles. The molecular weight excluding hydrogens is 468 g/mol. The van der Waals surface area contributed by atoms with Crippen LogP contribution in [0.1, 0.15) is 38.3 Å². The maximum absolute atomic E-state index is 4.83. The first-order chi connectivity index (χ1) is 18.5. The fourth-order valence-corrected chi connectivity index (χ4v) is 4.93. The van der Waals surface area contributed by atoms with Crippen LogP contribution < -0.4 is 10.6 Å². The number of hydrogen-bond donors (Lipinski definition) is 4. The number of aromatic amines is 2. The Morgan fingerprint density at radius 1 is 1.03 bits per heavy atom. The Kier molecular flexibility index (Phi) is 6.24. The van der Waals surface area contributed by atoms with E-state index in [2.05, 4.69) is 120 Å². The second kappa shape index (κ2) is 9.86. The van der Waals surface area contributed by atoms with Gasteiger partial charge in [-0.25, -0.2) is 4.98 Å². The highest BCUT2D eigenvalue weighted by Gasteiger charge is 2.16. The summed E-state index contributed by atoms with van der Waals surface area (Å²) in [6, 6.07) is 21.7. The van der Waals surface area contributed by atoms with Gasteiger partial charge >= 0.3 is 0 Å². The summed E-state index contributed by atoms with van der Waals surface area (Å²) in [6.07, 6.45) is 3.24. The zero-order valence-electron chi connectivity index (χ0n) is 22.2. The molecule has 6 rings (SSSR count). The summed E-state index contributed by atoms with van der Waals surface area (Å²) in [6.45, 7) is 12.6. The van der Waals surface area contributed by atoms with Crippen molar-refractivity contribution in [3.63, 3.8) is 0 Å². The minimum Gasteiger partial charge on any atom is -0.385 e. The van der Waals surface area contributed by atoms with Crippen LogP contribution in [0.5, 0.6) is 0 Å². The van der Waals surface area contributed by atoms with E-state index in [9.17, 15) is 0 Å². The standard InChI is InChI=1S/C32H34N6/c1-5-19(2)16-33-21(4)24-10-12-26-27(18-34-29(26)14-24)22-6-8-23(9-7-22)32-37-28-13-11-25(15-30(28)38-32)31-35-17-20(3)36-31/h6-15,18-20,33-34H,4-5,16-17H2,1-3H3,(H,35,36)(H,37,38). The van der Waals surface area contributed by atoms with Crippen molar-refractivity contribution in [2.45, 2.75) is 33.2 Å². The molecule has 0 fully saturated rings. The summed E-state index contributed by atoms with van der Waals surface area (Å²) >= 11 is 0. The van der Waals surface area contributed by atoms with Gasteiger partial charge in [-0.05, 0) is 48.2 Å². The third-order valence-electron chi connectivity index (χ3n) is 7.52. The molecule has 6 heteroatoms. The average Bonchev–Trinajstić information content (AvgIpc) is 3.68. The quantitative estimate of drug-likeness (QED) is 0.190. The summed E-state index contributed by atoms with van der Waals surface area (Å²) in [5.41, 5.74) is 9.65. The first kappa shape index (κ1) is 24.0. The molecule has 0 amide bonds. The monoisotopic (exact) mass is 502 g/mol. The smallest absolute Gasteiger partial charge is 0.138 e. The number of fused-ring (bicyclic) bond motifs is 2. The van der Waals surface area contributed by atoms with E-state index in [0.29, 0.717) is 12.0 Å². The summed E-state index contributed by atoms with van der Waals surface area (Å²) in [7, 11) is 0.